The first-order chi connectivity index (χ1) is 9.69. The Morgan fingerprint density at radius 1 is 1.65 bits per heavy atom. The molecule has 0 aliphatic heterocycles. The number of nitrogens with two attached hydrogens (primary N) is 1. The lowest BCUT2D eigenvalue weighted by atomic mass is 10.2. The fraction of sp³-hybridized carbons (Fsp3) is 0.308. The Labute approximate surface area is 118 Å². The second kappa shape index (κ2) is 7.90. The normalized spacial score (nSPS) is 12.6. The number of nitrogens with zero attached hydrogens (tertiary/aromatic N) is 3. The molecule has 0 aliphatic rings. The van der Waals surface area contributed by atoms with Crippen molar-refractivity contribution >= 4 is 18.0 Å². The first-order valence-corrected chi connectivity index (χ1v) is 5.94. The summed E-state index contributed by atoms with van der Waals surface area (Å²) >= 11 is 0. The number of nitrogen functional groups attached to an aromatic ring is 1. The summed E-state index contributed by atoms with van der Waals surface area (Å²) in [7, 11) is 2.96. The SMILES string of the molecule is C=CCC(OC)N(C=N)C(=NOC)c1cccnc1N. The summed E-state index contributed by atoms with van der Waals surface area (Å²) in [6.45, 7) is 3.67. The number of aromatic nitrogens is 1. The molecule has 1 aromatic heterocycles. The van der Waals surface area contributed by atoms with Crippen molar-refractivity contribution in [2.24, 2.45) is 5.16 Å². The minimum atomic E-state index is -0.432. The van der Waals surface area contributed by atoms with Crippen molar-refractivity contribution in [3.63, 3.8) is 0 Å². The Bertz CT molecular complexity index is 489. The largest absolute Gasteiger partial charge is 0.397 e. The summed E-state index contributed by atoms with van der Waals surface area (Å²) in [5.74, 6) is 0.644. The summed E-state index contributed by atoms with van der Waals surface area (Å²) in [5.41, 5.74) is 6.41. The second-order valence-electron chi connectivity index (χ2n) is 3.78. The lowest BCUT2D eigenvalue weighted by Crippen LogP contribution is -2.41. The van der Waals surface area contributed by atoms with Crippen LogP contribution in [-0.2, 0) is 9.57 Å². The molecule has 0 aromatic carbocycles. The molecule has 1 atom stereocenters. The molecular weight excluding hydrogens is 258 g/mol. The van der Waals surface area contributed by atoms with E-state index < -0.39 is 6.23 Å². The smallest absolute Gasteiger partial charge is 0.186 e. The van der Waals surface area contributed by atoms with Gasteiger partial charge < -0.3 is 15.3 Å². The van der Waals surface area contributed by atoms with E-state index in [4.69, 9.17) is 20.7 Å². The van der Waals surface area contributed by atoms with Crippen LogP contribution in [0.5, 0.6) is 0 Å². The van der Waals surface area contributed by atoms with Crippen molar-refractivity contribution < 1.29 is 9.57 Å². The van der Waals surface area contributed by atoms with E-state index in [0.717, 1.165) is 6.34 Å². The maximum atomic E-state index is 7.59. The number of amidine groups is 1. The molecule has 0 saturated carbocycles. The van der Waals surface area contributed by atoms with Gasteiger partial charge in [0, 0.05) is 19.7 Å². The standard InChI is InChI=1S/C13H19N5O2/c1-4-6-11(19-2)18(9-14)13(17-20-3)10-7-5-8-16-12(10)15/h4-5,7-9,11,14H,1,6H2,2-3H3,(H2,15,16). The highest BCUT2D eigenvalue weighted by Crippen LogP contribution is 2.15. The predicted molar refractivity (Wildman–Crippen MR) is 78.4 cm³/mol. The zero-order chi connectivity index (χ0) is 15.0. The van der Waals surface area contributed by atoms with Gasteiger partial charge in [0.1, 0.15) is 19.2 Å². The minimum Gasteiger partial charge on any atom is -0.397 e. The van der Waals surface area contributed by atoms with E-state index in [1.165, 1.54) is 12.0 Å². The van der Waals surface area contributed by atoms with Gasteiger partial charge in [-0.3, -0.25) is 10.3 Å². The molecule has 0 amide bonds. The monoisotopic (exact) mass is 277 g/mol. The Balaban J connectivity index is 3.24. The number of oxime groups is 1. The van der Waals surface area contributed by atoms with E-state index in [1.807, 2.05) is 0 Å². The fourth-order valence-electron chi connectivity index (χ4n) is 1.68. The molecule has 1 heterocycles. The third-order valence-corrected chi connectivity index (χ3v) is 2.59. The average molecular weight is 277 g/mol. The molecule has 3 N–H and O–H groups in total. The van der Waals surface area contributed by atoms with Gasteiger partial charge in [-0.2, -0.15) is 0 Å². The van der Waals surface area contributed by atoms with Gasteiger partial charge in [-0.25, -0.2) is 4.98 Å². The maximum Gasteiger partial charge on any atom is 0.186 e. The van der Waals surface area contributed by atoms with Crippen molar-refractivity contribution in [2.45, 2.75) is 12.6 Å². The van der Waals surface area contributed by atoms with Crippen LogP contribution in [0.3, 0.4) is 0 Å². The molecule has 0 radical (unpaired) electrons. The van der Waals surface area contributed by atoms with Crippen LogP contribution in [0, 0.1) is 5.41 Å². The summed E-state index contributed by atoms with van der Waals surface area (Å²) in [6, 6.07) is 3.48. The number of hydrogen-bond acceptors (Lipinski definition) is 6. The molecular formula is C13H19N5O2. The highest BCUT2D eigenvalue weighted by atomic mass is 16.6. The van der Waals surface area contributed by atoms with E-state index >= 15 is 0 Å². The highest BCUT2D eigenvalue weighted by Gasteiger charge is 2.23. The van der Waals surface area contributed by atoms with Crippen LogP contribution in [0.15, 0.2) is 36.1 Å². The van der Waals surface area contributed by atoms with Gasteiger partial charge in [-0.05, 0) is 12.1 Å². The lowest BCUT2D eigenvalue weighted by Gasteiger charge is -2.28. The lowest BCUT2D eigenvalue weighted by molar-refractivity contribution is 0.0419. The molecule has 0 spiro atoms. The van der Waals surface area contributed by atoms with Gasteiger partial charge in [-0.1, -0.05) is 11.2 Å². The van der Waals surface area contributed by atoms with Crippen LogP contribution < -0.4 is 5.73 Å². The number of rotatable bonds is 7. The van der Waals surface area contributed by atoms with E-state index in [-0.39, 0.29) is 0 Å². The summed E-state index contributed by atoms with van der Waals surface area (Å²) in [4.78, 5) is 10.4. The fourth-order valence-corrected chi connectivity index (χ4v) is 1.68. The molecule has 7 nitrogen and oxygen atoms in total. The van der Waals surface area contributed by atoms with Gasteiger partial charge in [-0.15, -0.1) is 6.58 Å². The zero-order valence-electron chi connectivity index (χ0n) is 11.6. The first-order valence-electron chi connectivity index (χ1n) is 5.94. The minimum absolute atomic E-state index is 0.295. The molecule has 1 aromatic rings. The molecule has 0 saturated heterocycles. The van der Waals surface area contributed by atoms with Gasteiger partial charge in [0.05, 0.1) is 11.9 Å². The predicted octanol–water partition coefficient (Wildman–Crippen LogP) is 1.43. The second-order valence-corrected chi connectivity index (χ2v) is 3.78. The molecule has 1 unspecified atom stereocenters. The van der Waals surface area contributed by atoms with E-state index in [1.54, 1.807) is 31.5 Å². The quantitative estimate of drug-likeness (QED) is 0.258. The number of nitrogens with one attached hydrogen (secondary N) is 1. The Kier molecular flexibility index (Phi) is 6.18. The third-order valence-electron chi connectivity index (χ3n) is 2.59. The van der Waals surface area contributed by atoms with Crippen LogP contribution in [0.25, 0.3) is 0 Å². The molecule has 0 bridgehead atoms. The summed E-state index contributed by atoms with van der Waals surface area (Å²) in [5, 5.41) is 11.5. The van der Waals surface area contributed by atoms with Gasteiger partial charge in [0.2, 0.25) is 0 Å². The van der Waals surface area contributed by atoms with Crippen molar-refractivity contribution in [3.8, 4) is 0 Å². The van der Waals surface area contributed by atoms with Crippen LogP contribution in [0.4, 0.5) is 5.82 Å². The van der Waals surface area contributed by atoms with Crippen molar-refractivity contribution in [1.29, 1.82) is 5.41 Å². The number of hydrogen-bond donors (Lipinski definition) is 2. The molecule has 0 fully saturated rings. The van der Waals surface area contributed by atoms with Crippen LogP contribution >= 0.6 is 0 Å². The maximum absolute atomic E-state index is 7.59. The molecule has 7 heteroatoms. The van der Waals surface area contributed by atoms with Crippen LogP contribution in [-0.4, -0.2) is 42.5 Å². The van der Waals surface area contributed by atoms with Crippen molar-refractivity contribution in [2.75, 3.05) is 20.0 Å². The zero-order valence-corrected chi connectivity index (χ0v) is 11.6. The highest BCUT2D eigenvalue weighted by molar-refractivity contribution is 6.06. The molecule has 0 aliphatic carbocycles. The van der Waals surface area contributed by atoms with Crippen LogP contribution in [0.1, 0.15) is 12.0 Å². The number of methoxy groups -OCH3 is 1. The first kappa shape index (κ1) is 15.6. The molecule has 108 valence electrons. The average Bonchev–Trinajstić information content (AvgIpc) is 2.46. The van der Waals surface area contributed by atoms with Crippen LogP contribution in [0.2, 0.25) is 0 Å². The van der Waals surface area contributed by atoms with Crippen molar-refractivity contribution in [3.05, 3.63) is 36.5 Å². The topological polar surface area (TPSA) is 96.8 Å². The Morgan fingerprint density at radius 3 is 2.90 bits per heavy atom. The molecule has 20 heavy (non-hydrogen) atoms. The Hall–Kier alpha value is -2.41. The summed E-state index contributed by atoms with van der Waals surface area (Å²) < 4.78 is 5.34. The summed E-state index contributed by atoms with van der Waals surface area (Å²) in [6.07, 6.45) is 4.45. The van der Waals surface area contributed by atoms with Gasteiger partial charge in [0.25, 0.3) is 0 Å². The Morgan fingerprint density at radius 2 is 2.40 bits per heavy atom. The van der Waals surface area contributed by atoms with E-state index in [0.29, 0.717) is 23.6 Å². The molecule has 1 rings (SSSR count). The number of pyridine rings is 1. The number of anilines is 1. The number of ether oxygens (including phenoxy) is 1. The van der Waals surface area contributed by atoms with E-state index in [2.05, 4.69) is 16.7 Å². The third kappa shape index (κ3) is 3.55. The van der Waals surface area contributed by atoms with E-state index in [9.17, 15) is 0 Å². The van der Waals surface area contributed by atoms with Crippen molar-refractivity contribution in [1.82, 2.24) is 9.88 Å². The van der Waals surface area contributed by atoms with Gasteiger partial charge in [0.15, 0.2) is 5.84 Å². The van der Waals surface area contributed by atoms with Gasteiger partial charge >= 0.3 is 0 Å².